The Kier molecular flexibility index (Phi) is 3.01. The van der Waals surface area contributed by atoms with Crippen molar-refractivity contribution < 1.29 is 9.84 Å². The fraction of sp³-hybridized carbons (Fsp3) is 1.00. The molecule has 2 heteroatoms. The highest BCUT2D eigenvalue weighted by molar-refractivity contribution is 4.63. The molecule has 0 radical (unpaired) electrons. The van der Waals surface area contributed by atoms with E-state index in [1.807, 2.05) is 0 Å². The van der Waals surface area contributed by atoms with E-state index in [2.05, 4.69) is 0 Å². The van der Waals surface area contributed by atoms with Crippen molar-refractivity contribution in [2.45, 2.75) is 31.8 Å². The summed E-state index contributed by atoms with van der Waals surface area (Å²) in [5.41, 5.74) is 0. The zero-order valence-corrected chi connectivity index (χ0v) is 5.68. The fourth-order valence-corrected chi connectivity index (χ4v) is 1.19. The van der Waals surface area contributed by atoms with E-state index in [1.165, 1.54) is 12.8 Å². The van der Waals surface area contributed by atoms with Crippen LogP contribution in [0.15, 0.2) is 0 Å². The smallest absolute Gasteiger partial charge is 0.0576 e. The molecule has 1 heterocycles. The van der Waals surface area contributed by atoms with Gasteiger partial charge in [0.05, 0.1) is 6.10 Å². The van der Waals surface area contributed by atoms with E-state index >= 15 is 0 Å². The Morgan fingerprint density at radius 1 is 1.56 bits per heavy atom. The summed E-state index contributed by atoms with van der Waals surface area (Å²) in [5, 5.41) is 8.47. The highest BCUT2D eigenvalue weighted by Gasteiger charge is 2.13. The summed E-state index contributed by atoms with van der Waals surface area (Å²) in [4.78, 5) is 0. The van der Waals surface area contributed by atoms with Crippen LogP contribution >= 0.6 is 0 Å². The molecule has 0 bridgehead atoms. The van der Waals surface area contributed by atoms with Gasteiger partial charge in [-0.1, -0.05) is 0 Å². The Balaban J connectivity index is 1.98. The maximum absolute atomic E-state index is 8.47. The largest absolute Gasteiger partial charge is 0.396 e. The molecule has 0 unspecified atom stereocenters. The van der Waals surface area contributed by atoms with Crippen molar-refractivity contribution in [3.63, 3.8) is 0 Å². The maximum Gasteiger partial charge on any atom is 0.0576 e. The van der Waals surface area contributed by atoms with Crippen molar-refractivity contribution in [1.29, 1.82) is 0 Å². The van der Waals surface area contributed by atoms with Gasteiger partial charge in [0.1, 0.15) is 0 Å². The lowest BCUT2D eigenvalue weighted by atomic mass is 10.1. The van der Waals surface area contributed by atoms with E-state index in [9.17, 15) is 0 Å². The van der Waals surface area contributed by atoms with Crippen molar-refractivity contribution in [3.8, 4) is 0 Å². The number of hydrogen-bond donors (Lipinski definition) is 1. The minimum absolute atomic E-state index is 0.305. The monoisotopic (exact) mass is 130 g/mol. The molecule has 1 aliphatic rings. The summed E-state index contributed by atoms with van der Waals surface area (Å²) in [6, 6.07) is 0. The van der Waals surface area contributed by atoms with Gasteiger partial charge in [0, 0.05) is 13.2 Å². The summed E-state index contributed by atoms with van der Waals surface area (Å²) < 4.78 is 5.34. The Bertz CT molecular complexity index is 67.3. The molecule has 0 aliphatic carbocycles. The molecule has 1 fully saturated rings. The van der Waals surface area contributed by atoms with Crippen LogP contribution in [0.5, 0.6) is 0 Å². The zero-order chi connectivity index (χ0) is 6.53. The average Bonchev–Trinajstić information content (AvgIpc) is 2.34. The highest BCUT2D eigenvalue weighted by Crippen LogP contribution is 2.15. The first kappa shape index (κ1) is 7.03. The van der Waals surface area contributed by atoms with Crippen molar-refractivity contribution in [2.24, 2.45) is 0 Å². The molecule has 0 spiro atoms. The lowest BCUT2D eigenvalue weighted by Crippen LogP contribution is -2.04. The van der Waals surface area contributed by atoms with Crippen LogP contribution in [0, 0.1) is 0 Å². The summed E-state index contributed by atoms with van der Waals surface area (Å²) >= 11 is 0. The predicted octanol–water partition coefficient (Wildman–Crippen LogP) is 0.938. The van der Waals surface area contributed by atoms with Gasteiger partial charge >= 0.3 is 0 Å². The molecule has 0 saturated carbocycles. The lowest BCUT2D eigenvalue weighted by Gasteiger charge is -2.05. The van der Waals surface area contributed by atoms with Gasteiger partial charge in [-0.25, -0.2) is 0 Å². The quantitative estimate of drug-likeness (QED) is 0.616. The molecule has 1 atom stereocenters. The van der Waals surface area contributed by atoms with Crippen molar-refractivity contribution >= 4 is 0 Å². The van der Waals surface area contributed by atoms with E-state index in [-0.39, 0.29) is 0 Å². The van der Waals surface area contributed by atoms with Gasteiger partial charge in [0.15, 0.2) is 0 Å². The van der Waals surface area contributed by atoms with Gasteiger partial charge < -0.3 is 9.84 Å². The van der Waals surface area contributed by atoms with E-state index in [1.54, 1.807) is 0 Å². The van der Waals surface area contributed by atoms with Crippen molar-refractivity contribution in [2.75, 3.05) is 13.2 Å². The van der Waals surface area contributed by atoms with Gasteiger partial charge in [-0.2, -0.15) is 0 Å². The van der Waals surface area contributed by atoms with Gasteiger partial charge in [-0.3, -0.25) is 0 Å². The van der Waals surface area contributed by atoms with E-state index in [0.29, 0.717) is 12.7 Å². The summed E-state index contributed by atoms with van der Waals surface area (Å²) in [7, 11) is 0. The molecule has 9 heavy (non-hydrogen) atoms. The minimum Gasteiger partial charge on any atom is -0.396 e. The molecular weight excluding hydrogens is 116 g/mol. The molecule has 54 valence electrons. The first-order valence-electron chi connectivity index (χ1n) is 3.66. The number of aliphatic hydroxyl groups excluding tert-OH is 1. The van der Waals surface area contributed by atoms with Crippen LogP contribution in [-0.2, 0) is 4.74 Å². The van der Waals surface area contributed by atoms with E-state index in [0.717, 1.165) is 19.4 Å². The SMILES string of the molecule is OCCC[C@@H]1CCCO1. The van der Waals surface area contributed by atoms with Crippen LogP contribution in [-0.4, -0.2) is 24.4 Å². The fourth-order valence-electron chi connectivity index (χ4n) is 1.19. The third-order valence-corrected chi connectivity index (χ3v) is 1.71. The Labute approximate surface area is 55.8 Å². The van der Waals surface area contributed by atoms with Gasteiger partial charge in [-0.15, -0.1) is 0 Å². The highest BCUT2D eigenvalue weighted by atomic mass is 16.5. The van der Waals surface area contributed by atoms with E-state index in [4.69, 9.17) is 9.84 Å². The van der Waals surface area contributed by atoms with E-state index < -0.39 is 0 Å². The average molecular weight is 130 g/mol. The second-order valence-corrected chi connectivity index (χ2v) is 2.50. The van der Waals surface area contributed by atoms with Gasteiger partial charge in [-0.05, 0) is 25.7 Å². The predicted molar refractivity (Wildman–Crippen MR) is 35.3 cm³/mol. The maximum atomic E-state index is 8.47. The Morgan fingerprint density at radius 2 is 2.44 bits per heavy atom. The topological polar surface area (TPSA) is 29.5 Å². The lowest BCUT2D eigenvalue weighted by molar-refractivity contribution is 0.0969. The standard InChI is InChI=1S/C7H14O2/c8-5-1-3-7-4-2-6-9-7/h7-8H,1-6H2/t7-/m1/s1. The van der Waals surface area contributed by atoms with Crippen LogP contribution < -0.4 is 0 Å². The molecule has 1 aliphatic heterocycles. The third kappa shape index (κ3) is 2.33. The second kappa shape index (κ2) is 3.85. The summed E-state index contributed by atoms with van der Waals surface area (Å²) in [6.07, 6.45) is 4.79. The normalized spacial score (nSPS) is 27.0. The van der Waals surface area contributed by atoms with Crippen LogP contribution in [0.25, 0.3) is 0 Å². The van der Waals surface area contributed by atoms with Crippen LogP contribution in [0.4, 0.5) is 0 Å². The third-order valence-electron chi connectivity index (χ3n) is 1.71. The zero-order valence-electron chi connectivity index (χ0n) is 5.68. The summed E-state index contributed by atoms with van der Waals surface area (Å²) in [5.74, 6) is 0. The molecule has 0 aromatic carbocycles. The van der Waals surface area contributed by atoms with Gasteiger partial charge in [0.25, 0.3) is 0 Å². The molecular formula is C7H14O2. The molecule has 0 aromatic heterocycles. The number of ether oxygens (including phenoxy) is 1. The second-order valence-electron chi connectivity index (χ2n) is 2.50. The number of rotatable bonds is 3. The molecule has 2 nitrogen and oxygen atoms in total. The first-order valence-corrected chi connectivity index (χ1v) is 3.66. The van der Waals surface area contributed by atoms with Crippen LogP contribution in [0.3, 0.4) is 0 Å². The molecule has 1 saturated heterocycles. The molecule has 0 aromatic rings. The molecule has 1 N–H and O–H groups in total. The molecule has 0 amide bonds. The summed E-state index contributed by atoms with van der Waals surface area (Å²) in [6.45, 7) is 1.23. The van der Waals surface area contributed by atoms with Crippen LogP contribution in [0.1, 0.15) is 25.7 Å². The molecule has 1 rings (SSSR count). The first-order chi connectivity index (χ1) is 4.43. The van der Waals surface area contributed by atoms with Crippen molar-refractivity contribution in [1.82, 2.24) is 0 Å². The number of hydrogen-bond acceptors (Lipinski definition) is 2. The Morgan fingerprint density at radius 3 is 3.00 bits per heavy atom. The van der Waals surface area contributed by atoms with Gasteiger partial charge in [0.2, 0.25) is 0 Å². The minimum atomic E-state index is 0.305. The number of aliphatic hydroxyl groups is 1. The van der Waals surface area contributed by atoms with Crippen molar-refractivity contribution in [3.05, 3.63) is 0 Å². The Hall–Kier alpha value is -0.0800. The van der Waals surface area contributed by atoms with Crippen LogP contribution in [0.2, 0.25) is 0 Å².